The van der Waals surface area contributed by atoms with Gasteiger partial charge in [0.2, 0.25) is 11.8 Å². The van der Waals surface area contributed by atoms with Crippen LogP contribution in [0.4, 0.5) is 0 Å². The number of hydrogen-bond donors (Lipinski definition) is 1. The zero-order valence-corrected chi connectivity index (χ0v) is 22.8. The molecule has 1 N–H and O–H groups in total. The number of nitrogens with one attached hydrogen (secondary N) is 1. The van der Waals surface area contributed by atoms with Gasteiger partial charge in [-0.1, -0.05) is 96.9 Å². The van der Waals surface area contributed by atoms with Crippen molar-refractivity contribution >= 4 is 35.2 Å². The molecule has 0 saturated carbocycles. The molecule has 0 bridgehead atoms. The van der Waals surface area contributed by atoms with E-state index in [1.807, 2.05) is 74.5 Å². The molecule has 6 heteroatoms. The Morgan fingerprint density at radius 3 is 2.36 bits per heavy atom. The van der Waals surface area contributed by atoms with E-state index in [0.717, 1.165) is 23.3 Å². The lowest BCUT2D eigenvalue weighted by atomic mass is 10.0. The molecule has 0 saturated heterocycles. The van der Waals surface area contributed by atoms with Crippen LogP contribution in [0.5, 0.6) is 0 Å². The molecule has 0 aliphatic carbocycles. The second kappa shape index (κ2) is 14.1. The molecule has 4 nitrogen and oxygen atoms in total. The molecule has 2 amide bonds. The molecule has 3 rings (SSSR count). The normalized spacial score (nSPS) is 12.6. The molecule has 0 spiro atoms. The lowest BCUT2D eigenvalue weighted by Crippen LogP contribution is -2.52. The Kier molecular flexibility index (Phi) is 10.9. The van der Waals surface area contributed by atoms with Gasteiger partial charge in [0.15, 0.2) is 0 Å². The molecule has 2 atom stereocenters. The smallest absolute Gasteiger partial charge is 0.243 e. The van der Waals surface area contributed by atoms with Crippen LogP contribution in [-0.4, -0.2) is 34.6 Å². The number of amides is 2. The molecule has 36 heavy (non-hydrogen) atoms. The molecule has 3 aromatic carbocycles. The minimum absolute atomic E-state index is 0.0173. The highest BCUT2D eigenvalue weighted by Crippen LogP contribution is 2.22. The molecule has 0 aromatic heterocycles. The molecule has 190 valence electrons. The fourth-order valence-electron chi connectivity index (χ4n) is 3.95. The number of hydrogen-bond acceptors (Lipinski definition) is 3. The van der Waals surface area contributed by atoms with E-state index >= 15 is 0 Å². The molecule has 0 unspecified atom stereocenters. The number of halogens is 1. The van der Waals surface area contributed by atoms with Gasteiger partial charge in [-0.3, -0.25) is 9.59 Å². The molecular weight excluding hydrogens is 488 g/mol. The first-order chi connectivity index (χ1) is 17.4. The summed E-state index contributed by atoms with van der Waals surface area (Å²) in [6, 6.07) is 25.0. The average molecular weight is 523 g/mol. The zero-order valence-electron chi connectivity index (χ0n) is 21.2. The number of thioether (sulfide) groups is 1. The van der Waals surface area contributed by atoms with Gasteiger partial charge in [-0.25, -0.2) is 0 Å². The summed E-state index contributed by atoms with van der Waals surface area (Å²) in [5.74, 6) is 0.792. The zero-order chi connectivity index (χ0) is 25.9. The highest BCUT2D eigenvalue weighted by molar-refractivity contribution is 7.99. The Hall–Kier alpha value is -2.76. The molecule has 0 fully saturated rings. The number of nitrogens with zero attached hydrogens (tertiary/aromatic N) is 1. The van der Waals surface area contributed by atoms with Crippen LogP contribution in [0.3, 0.4) is 0 Å². The van der Waals surface area contributed by atoms with Crippen LogP contribution in [0.1, 0.15) is 42.5 Å². The second-order valence-corrected chi connectivity index (χ2v) is 10.5. The van der Waals surface area contributed by atoms with Gasteiger partial charge >= 0.3 is 0 Å². The van der Waals surface area contributed by atoms with Gasteiger partial charge in [0.1, 0.15) is 6.04 Å². The van der Waals surface area contributed by atoms with Crippen molar-refractivity contribution in [3.63, 3.8) is 0 Å². The fraction of sp³-hybridized carbons (Fsp3) is 0.333. The van der Waals surface area contributed by atoms with E-state index < -0.39 is 6.04 Å². The van der Waals surface area contributed by atoms with Gasteiger partial charge in [0.25, 0.3) is 0 Å². The van der Waals surface area contributed by atoms with Crippen LogP contribution in [0.25, 0.3) is 0 Å². The highest BCUT2D eigenvalue weighted by Gasteiger charge is 2.31. The standard InChI is InChI=1S/C30H35ClN2O2S/c1-4-23(3)32-30(35)28(18-24-12-6-5-7-13-24)33(19-26-15-8-9-16-27(26)31)29(34)21-36-20-25-14-10-11-22(2)17-25/h5-17,23,28H,4,18-21H2,1-3H3,(H,32,35)/t23-,28+/m0/s1. The minimum atomic E-state index is -0.648. The molecule has 0 heterocycles. The van der Waals surface area contributed by atoms with Gasteiger partial charge in [0.05, 0.1) is 5.75 Å². The molecule has 3 aromatic rings. The van der Waals surface area contributed by atoms with E-state index in [9.17, 15) is 9.59 Å². The van der Waals surface area contributed by atoms with Gasteiger partial charge in [-0.2, -0.15) is 0 Å². The summed E-state index contributed by atoms with van der Waals surface area (Å²) < 4.78 is 0. The van der Waals surface area contributed by atoms with E-state index in [2.05, 4.69) is 30.4 Å². The summed E-state index contributed by atoms with van der Waals surface area (Å²) in [4.78, 5) is 28.9. The van der Waals surface area contributed by atoms with Crippen molar-refractivity contribution in [2.24, 2.45) is 0 Å². The quantitative estimate of drug-likeness (QED) is 0.298. The highest BCUT2D eigenvalue weighted by atomic mass is 35.5. The fourth-order valence-corrected chi connectivity index (χ4v) is 5.00. The summed E-state index contributed by atoms with van der Waals surface area (Å²) in [5.41, 5.74) is 4.21. The van der Waals surface area contributed by atoms with Crippen molar-refractivity contribution < 1.29 is 9.59 Å². The van der Waals surface area contributed by atoms with Crippen molar-refractivity contribution in [2.75, 3.05) is 5.75 Å². The Morgan fingerprint density at radius 1 is 0.972 bits per heavy atom. The van der Waals surface area contributed by atoms with E-state index in [4.69, 9.17) is 11.6 Å². The predicted octanol–water partition coefficient (Wildman–Crippen LogP) is 6.44. The second-order valence-electron chi connectivity index (χ2n) is 9.12. The molecule has 0 radical (unpaired) electrons. The van der Waals surface area contributed by atoms with Crippen molar-refractivity contribution in [3.8, 4) is 0 Å². The first-order valence-corrected chi connectivity index (χ1v) is 13.9. The van der Waals surface area contributed by atoms with E-state index in [-0.39, 0.29) is 30.2 Å². The van der Waals surface area contributed by atoms with E-state index in [0.29, 0.717) is 11.4 Å². The number of aryl methyl sites for hydroxylation is 1. The first-order valence-electron chi connectivity index (χ1n) is 12.4. The predicted molar refractivity (Wildman–Crippen MR) is 151 cm³/mol. The summed E-state index contributed by atoms with van der Waals surface area (Å²) in [7, 11) is 0. The lowest BCUT2D eigenvalue weighted by Gasteiger charge is -2.32. The maximum Gasteiger partial charge on any atom is 0.243 e. The van der Waals surface area contributed by atoms with Gasteiger partial charge in [-0.15, -0.1) is 11.8 Å². The maximum atomic E-state index is 13.7. The van der Waals surface area contributed by atoms with Crippen molar-refractivity contribution in [3.05, 3.63) is 106 Å². The molecule has 0 aliphatic rings. The third-order valence-electron chi connectivity index (χ3n) is 6.15. The molecular formula is C30H35ClN2O2S. The minimum Gasteiger partial charge on any atom is -0.352 e. The first kappa shape index (κ1) is 27.8. The number of benzene rings is 3. The Morgan fingerprint density at radius 2 is 1.67 bits per heavy atom. The summed E-state index contributed by atoms with van der Waals surface area (Å²) in [6.07, 6.45) is 1.25. The van der Waals surface area contributed by atoms with E-state index in [1.54, 1.807) is 16.7 Å². The summed E-state index contributed by atoms with van der Waals surface area (Å²) in [6.45, 7) is 6.35. The van der Waals surface area contributed by atoms with Crippen molar-refractivity contribution in [2.45, 2.75) is 58.0 Å². The Bertz CT molecular complexity index is 1140. The Balaban J connectivity index is 1.86. The third kappa shape index (κ3) is 8.42. The van der Waals surface area contributed by atoms with Gasteiger partial charge in [-0.05, 0) is 43.0 Å². The van der Waals surface area contributed by atoms with Gasteiger partial charge < -0.3 is 10.2 Å². The van der Waals surface area contributed by atoms with Crippen molar-refractivity contribution in [1.82, 2.24) is 10.2 Å². The average Bonchev–Trinajstić information content (AvgIpc) is 2.87. The topological polar surface area (TPSA) is 49.4 Å². The van der Waals surface area contributed by atoms with Gasteiger partial charge in [0, 0.05) is 29.8 Å². The number of rotatable bonds is 12. The van der Waals surface area contributed by atoms with Crippen molar-refractivity contribution in [1.29, 1.82) is 0 Å². The van der Waals surface area contributed by atoms with Crippen LogP contribution < -0.4 is 5.32 Å². The van der Waals surface area contributed by atoms with Crippen LogP contribution in [-0.2, 0) is 28.3 Å². The van der Waals surface area contributed by atoms with Crippen LogP contribution in [0, 0.1) is 6.92 Å². The largest absolute Gasteiger partial charge is 0.352 e. The Labute approximate surface area is 224 Å². The van der Waals surface area contributed by atoms with E-state index in [1.165, 1.54) is 11.1 Å². The van der Waals surface area contributed by atoms with Crippen LogP contribution >= 0.6 is 23.4 Å². The van der Waals surface area contributed by atoms with Crippen LogP contribution in [0.2, 0.25) is 5.02 Å². The molecule has 0 aliphatic heterocycles. The lowest BCUT2D eigenvalue weighted by molar-refractivity contribution is -0.139. The number of carbonyl (C=O) groups excluding carboxylic acids is 2. The summed E-state index contributed by atoms with van der Waals surface area (Å²) in [5, 5.41) is 3.69. The number of carbonyl (C=O) groups is 2. The monoisotopic (exact) mass is 522 g/mol. The SMILES string of the molecule is CC[C@H](C)NC(=O)[C@@H](Cc1ccccc1)N(Cc1ccccc1Cl)C(=O)CSCc1cccc(C)c1. The maximum absolute atomic E-state index is 13.7. The van der Waals surface area contributed by atoms with Crippen LogP contribution in [0.15, 0.2) is 78.9 Å². The summed E-state index contributed by atoms with van der Waals surface area (Å²) >= 11 is 8.04. The third-order valence-corrected chi connectivity index (χ3v) is 7.50.